The van der Waals surface area contributed by atoms with Gasteiger partial charge in [-0.3, -0.25) is 4.79 Å². The first kappa shape index (κ1) is 22.3. The summed E-state index contributed by atoms with van der Waals surface area (Å²) in [5.41, 5.74) is 5.11. The van der Waals surface area contributed by atoms with Crippen molar-refractivity contribution in [3.8, 4) is 11.3 Å². The Morgan fingerprint density at radius 3 is 2.47 bits per heavy atom. The van der Waals surface area contributed by atoms with Gasteiger partial charge in [-0.15, -0.1) is 0 Å². The first-order chi connectivity index (χ1) is 16.3. The van der Waals surface area contributed by atoms with Crippen LogP contribution in [0, 0.1) is 13.8 Å². The Bertz CT molecular complexity index is 1480. The first-order valence-electron chi connectivity index (χ1n) is 11.3. The van der Waals surface area contributed by atoms with Crippen LogP contribution in [0.5, 0.6) is 0 Å². The molecule has 34 heavy (non-hydrogen) atoms. The molecule has 0 radical (unpaired) electrons. The molecule has 1 aliphatic heterocycles. The van der Waals surface area contributed by atoms with Crippen LogP contribution >= 0.6 is 0 Å². The van der Waals surface area contributed by atoms with Crippen LogP contribution in [-0.2, 0) is 16.4 Å². The van der Waals surface area contributed by atoms with Crippen LogP contribution < -0.4 is 5.32 Å². The van der Waals surface area contributed by atoms with Gasteiger partial charge in [0.1, 0.15) is 11.3 Å². The van der Waals surface area contributed by atoms with E-state index in [1.807, 2.05) is 79.1 Å². The van der Waals surface area contributed by atoms with Gasteiger partial charge in [-0.05, 0) is 31.9 Å². The lowest BCUT2D eigenvalue weighted by atomic mass is 10.1. The monoisotopic (exact) mass is 474 g/mol. The third-order valence-corrected chi connectivity index (χ3v) is 8.04. The maximum absolute atomic E-state index is 13.3. The molecule has 7 nitrogen and oxygen atoms in total. The number of nitrogens with one attached hydrogen (secondary N) is 1. The van der Waals surface area contributed by atoms with Gasteiger partial charge >= 0.3 is 0 Å². The molecule has 1 N–H and O–H groups in total. The molecule has 174 valence electrons. The standard InChI is InChI=1S/C26H26N4O3S/c1-17-8-10-20(11-9-17)22-14-23-24(28-18(2)30(23)21-12-13-34(32,33)16-21)25(29-22)26(31)27-15-19-6-4-3-5-7-19/h3-11,14,21H,12-13,15-16H2,1-2H3,(H,27,31). The lowest BCUT2D eigenvalue weighted by Gasteiger charge is -2.15. The Balaban J connectivity index is 1.62. The molecule has 2 aromatic carbocycles. The number of carbonyl (C=O) groups is 1. The largest absolute Gasteiger partial charge is 0.347 e. The molecule has 3 heterocycles. The van der Waals surface area contributed by atoms with Crippen LogP contribution in [0.3, 0.4) is 0 Å². The quantitative estimate of drug-likeness (QED) is 0.472. The van der Waals surface area contributed by atoms with E-state index in [0.717, 1.165) is 22.2 Å². The lowest BCUT2D eigenvalue weighted by molar-refractivity contribution is 0.0947. The summed E-state index contributed by atoms with van der Waals surface area (Å²) in [5, 5.41) is 2.96. The molecule has 8 heteroatoms. The SMILES string of the molecule is Cc1ccc(-c2cc3c(nc(C)n3C3CCS(=O)(=O)C3)c(C(=O)NCc3ccccc3)n2)cc1. The summed E-state index contributed by atoms with van der Waals surface area (Å²) >= 11 is 0. The molecule has 1 atom stereocenters. The second-order valence-electron chi connectivity index (χ2n) is 8.84. The fraction of sp³-hybridized carbons (Fsp3) is 0.269. The smallest absolute Gasteiger partial charge is 0.272 e. The highest BCUT2D eigenvalue weighted by Gasteiger charge is 2.32. The molecule has 2 aromatic heterocycles. The number of hydrogen-bond acceptors (Lipinski definition) is 5. The minimum absolute atomic E-state index is 0.0804. The van der Waals surface area contributed by atoms with Crippen molar-refractivity contribution in [2.24, 2.45) is 0 Å². The number of hydrogen-bond donors (Lipinski definition) is 1. The number of aromatic nitrogens is 3. The third-order valence-electron chi connectivity index (χ3n) is 6.29. The van der Waals surface area contributed by atoms with Crippen LogP contribution in [-0.4, -0.2) is 40.4 Å². The second-order valence-corrected chi connectivity index (χ2v) is 11.1. The maximum Gasteiger partial charge on any atom is 0.272 e. The molecule has 0 bridgehead atoms. The summed E-state index contributed by atoms with van der Waals surface area (Å²) < 4.78 is 26.3. The van der Waals surface area contributed by atoms with Crippen molar-refractivity contribution >= 4 is 26.8 Å². The third kappa shape index (κ3) is 4.33. The van der Waals surface area contributed by atoms with Crippen molar-refractivity contribution in [2.75, 3.05) is 11.5 Å². The fourth-order valence-corrected chi connectivity index (χ4v) is 6.24. The zero-order chi connectivity index (χ0) is 23.9. The normalized spacial score (nSPS) is 17.2. The van der Waals surface area contributed by atoms with Gasteiger partial charge in [0.05, 0.1) is 28.8 Å². The van der Waals surface area contributed by atoms with Gasteiger partial charge in [0.25, 0.3) is 5.91 Å². The molecular weight excluding hydrogens is 448 g/mol. The highest BCUT2D eigenvalue weighted by Crippen LogP contribution is 2.32. The summed E-state index contributed by atoms with van der Waals surface area (Å²) in [4.78, 5) is 22.7. The number of fused-ring (bicyclic) bond motifs is 1. The van der Waals surface area contributed by atoms with Crippen LogP contribution in [0.1, 0.15) is 39.9 Å². The summed E-state index contributed by atoms with van der Waals surface area (Å²) in [6.45, 7) is 4.24. The number of sulfone groups is 1. The molecule has 0 saturated carbocycles. The van der Waals surface area contributed by atoms with E-state index in [1.54, 1.807) is 0 Å². The Morgan fingerprint density at radius 2 is 1.79 bits per heavy atom. The molecule has 5 rings (SSSR count). The van der Waals surface area contributed by atoms with Crippen LogP contribution in [0.15, 0.2) is 60.7 Å². The zero-order valence-electron chi connectivity index (χ0n) is 19.2. The van der Waals surface area contributed by atoms with Crippen molar-refractivity contribution in [1.29, 1.82) is 0 Å². The van der Waals surface area contributed by atoms with Gasteiger partial charge in [-0.1, -0.05) is 60.2 Å². The second kappa shape index (κ2) is 8.68. The topological polar surface area (TPSA) is 94.0 Å². The molecule has 1 amide bonds. The Kier molecular flexibility index (Phi) is 5.69. The number of rotatable bonds is 5. The predicted molar refractivity (Wildman–Crippen MR) is 132 cm³/mol. The van der Waals surface area contributed by atoms with Gasteiger partial charge in [0.2, 0.25) is 0 Å². The van der Waals surface area contributed by atoms with E-state index in [1.165, 1.54) is 0 Å². The number of benzene rings is 2. The highest BCUT2D eigenvalue weighted by atomic mass is 32.2. The van der Waals surface area contributed by atoms with Gasteiger partial charge in [-0.2, -0.15) is 0 Å². The molecular formula is C26H26N4O3S. The van der Waals surface area contributed by atoms with Gasteiger partial charge in [0.15, 0.2) is 15.5 Å². The van der Waals surface area contributed by atoms with Crippen LogP contribution in [0.2, 0.25) is 0 Å². The van der Waals surface area contributed by atoms with Crippen molar-refractivity contribution in [3.05, 3.63) is 83.3 Å². The molecule has 0 spiro atoms. The Labute approximate surface area is 198 Å². The van der Waals surface area contributed by atoms with Gasteiger partial charge in [0, 0.05) is 12.1 Å². The van der Waals surface area contributed by atoms with E-state index >= 15 is 0 Å². The zero-order valence-corrected chi connectivity index (χ0v) is 20.0. The average Bonchev–Trinajstić information content (AvgIpc) is 3.35. The number of aryl methyl sites for hydroxylation is 2. The van der Waals surface area contributed by atoms with Crippen molar-refractivity contribution in [3.63, 3.8) is 0 Å². The van der Waals surface area contributed by atoms with Crippen molar-refractivity contribution < 1.29 is 13.2 Å². The van der Waals surface area contributed by atoms with E-state index in [-0.39, 0.29) is 29.1 Å². The summed E-state index contributed by atoms with van der Waals surface area (Å²) in [7, 11) is -3.08. The van der Waals surface area contributed by atoms with Crippen molar-refractivity contribution in [1.82, 2.24) is 19.9 Å². The van der Waals surface area contributed by atoms with E-state index < -0.39 is 9.84 Å². The van der Waals surface area contributed by atoms with E-state index in [0.29, 0.717) is 30.0 Å². The number of pyridine rings is 1. The van der Waals surface area contributed by atoms with Gasteiger partial charge < -0.3 is 9.88 Å². The number of imidazole rings is 1. The van der Waals surface area contributed by atoms with E-state index in [9.17, 15) is 13.2 Å². The van der Waals surface area contributed by atoms with Gasteiger partial charge in [-0.25, -0.2) is 18.4 Å². The van der Waals surface area contributed by atoms with Crippen molar-refractivity contribution in [2.45, 2.75) is 32.9 Å². The molecule has 0 aliphatic carbocycles. The molecule has 1 saturated heterocycles. The first-order valence-corrected chi connectivity index (χ1v) is 13.1. The van der Waals surface area contributed by atoms with E-state index in [4.69, 9.17) is 4.98 Å². The molecule has 1 unspecified atom stereocenters. The Morgan fingerprint density at radius 1 is 1.06 bits per heavy atom. The fourth-order valence-electron chi connectivity index (χ4n) is 4.54. The van der Waals surface area contributed by atoms with E-state index in [2.05, 4.69) is 10.3 Å². The minimum atomic E-state index is -3.08. The highest BCUT2D eigenvalue weighted by molar-refractivity contribution is 7.91. The maximum atomic E-state index is 13.3. The summed E-state index contributed by atoms with van der Waals surface area (Å²) in [6, 6.07) is 19.4. The number of amides is 1. The predicted octanol–water partition coefficient (Wildman–Crippen LogP) is 4.00. The minimum Gasteiger partial charge on any atom is -0.347 e. The van der Waals surface area contributed by atoms with Crippen LogP contribution in [0.4, 0.5) is 0 Å². The molecule has 4 aromatic rings. The molecule has 1 fully saturated rings. The average molecular weight is 475 g/mol. The number of carbonyl (C=O) groups excluding carboxylic acids is 1. The summed E-state index contributed by atoms with van der Waals surface area (Å²) in [6.07, 6.45) is 0.534. The van der Waals surface area contributed by atoms with Crippen LogP contribution in [0.25, 0.3) is 22.3 Å². The molecule has 1 aliphatic rings. The summed E-state index contributed by atoms with van der Waals surface area (Å²) in [5.74, 6) is 0.609. The number of nitrogens with zero attached hydrogens (tertiary/aromatic N) is 3. The Hall–Kier alpha value is -3.52. The lowest BCUT2D eigenvalue weighted by Crippen LogP contribution is -2.24.